The molecule has 36 heavy (non-hydrogen) atoms. The molecule has 0 aromatic heterocycles. The fraction of sp³-hybridized carbons (Fsp3) is 0.333. The first-order valence-corrected chi connectivity index (χ1v) is 12.2. The minimum Gasteiger partial charge on any atom is -0.872 e. The van der Waals surface area contributed by atoms with Crippen LogP contribution in [0.5, 0.6) is 5.75 Å². The number of carboxylic acids is 1. The molecule has 0 bridgehead atoms. The molecule has 0 heterocycles. The summed E-state index contributed by atoms with van der Waals surface area (Å²) >= 11 is 0. The summed E-state index contributed by atoms with van der Waals surface area (Å²) in [5.41, 5.74) is 7.02. The zero-order valence-electron chi connectivity index (χ0n) is 21.8. The van der Waals surface area contributed by atoms with Gasteiger partial charge in [0.1, 0.15) is 5.41 Å². The lowest BCUT2D eigenvalue weighted by atomic mass is 9.71. The lowest BCUT2D eigenvalue weighted by Gasteiger charge is -2.45. The zero-order valence-corrected chi connectivity index (χ0v) is 21.8. The molecule has 6 heteroatoms. The third-order valence-corrected chi connectivity index (χ3v) is 7.40. The first kappa shape index (κ1) is 28.6. The average Bonchev–Trinajstić information content (AvgIpc) is 2.85. The number of carbonyl (C=O) groups excluding carboxylic acids is 1. The van der Waals surface area contributed by atoms with E-state index in [1.807, 2.05) is 60.7 Å². The quantitative estimate of drug-likeness (QED) is 0.429. The van der Waals surface area contributed by atoms with Gasteiger partial charge in [-0.15, -0.1) is 0 Å². The fourth-order valence-electron chi connectivity index (χ4n) is 4.47. The number of nitrogens with two attached hydrogens (primary N) is 1. The number of carboxylic acid groups (broad SMARTS) is 1. The first-order valence-electron chi connectivity index (χ1n) is 12.2. The van der Waals surface area contributed by atoms with Gasteiger partial charge in [0.05, 0.1) is 31.2 Å². The van der Waals surface area contributed by atoms with Crippen molar-refractivity contribution in [2.75, 3.05) is 13.6 Å². The number of carbonyl (C=O) groups is 2. The predicted molar refractivity (Wildman–Crippen MR) is 142 cm³/mol. The van der Waals surface area contributed by atoms with E-state index >= 15 is 0 Å². The molecule has 0 spiro atoms. The lowest BCUT2D eigenvalue weighted by molar-refractivity contribution is -0.949. The summed E-state index contributed by atoms with van der Waals surface area (Å²) in [6, 6.07) is 26.4. The molecule has 0 aliphatic carbocycles. The third kappa shape index (κ3) is 6.32. The highest BCUT2D eigenvalue weighted by Crippen LogP contribution is 2.37. The van der Waals surface area contributed by atoms with Crippen molar-refractivity contribution in [2.45, 2.75) is 51.6 Å². The first-order chi connectivity index (χ1) is 17.0. The number of benzene rings is 3. The molecule has 3 N–H and O–H groups in total. The smallest absolute Gasteiger partial charge is 0.335 e. The maximum Gasteiger partial charge on any atom is 0.335 e. The van der Waals surface area contributed by atoms with E-state index in [9.17, 15) is 14.7 Å². The second-order valence-corrected chi connectivity index (χ2v) is 9.81. The second-order valence-electron chi connectivity index (χ2n) is 9.81. The van der Waals surface area contributed by atoms with Crippen molar-refractivity contribution < 1.29 is 24.3 Å². The molecule has 0 aliphatic rings. The van der Waals surface area contributed by atoms with Crippen LogP contribution in [0.1, 0.15) is 55.6 Å². The minimum absolute atomic E-state index is 0.178. The molecule has 192 valence electrons. The molecule has 0 unspecified atom stereocenters. The maximum absolute atomic E-state index is 12.9. The third-order valence-electron chi connectivity index (χ3n) is 7.40. The highest BCUT2D eigenvalue weighted by Gasteiger charge is 2.43. The van der Waals surface area contributed by atoms with E-state index in [-0.39, 0.29) is 11.5 Å². The largest absolute Gasteiger partial charge is 0.872 e. The van der Waals surface area contributed by atoms with Crippen LogP contribution in [-0.4, -0.2) is 47.1 Å². The van der Waals surface area contributed by atoms with Crippen LogP contribution >= 0.6 is 0 Å². The summed E-state index contributed by atoms with van der Waals surface area (Å²) in [4.78, 5) is 23.1. The number of nitrogens with zero attached hydrogens (tertiary/aromatic N) is 1. The van der Waals surface area contributed by atoms with Crippen molar-refractivity contribution in [1.29, 1.82) is 0 Å². The summed E-state index contributed by atoms with van der Waals surface area (Å²) in [5, 5.41) is 19.0. The van der Waals surface area contributed by atoms with E-state index in [1.54, 1.807) is 0 Å². The number of quaternary nitrogens is 1. The topological polar surface area (TPSA) is 103 Å². The number of hydrogen-bond donors (Lipinski definition) is 2. The van der Waals surface area contributed by atoms with E-state index < -0.39 is 17.1 Å². The van der Waals surface area contributed by atoms with Gasteiger partial charge in [0.25, 0.3) is 0 Å². The van der Waals surface area contributed by atoms with Crippen molar-refractivity contribution in [2.24, 2.45) is 5.73 Å². The van der Waals surface area contributed by atoms with Crippen LogP contribution in [-0.2, 0) is 10.2 Å². The number of primary amides is 1. The van der Waals surface area contributed by atoms with Gasteiger partial charge >= 0.3 is 5.97 Å². The molecule has 0 radical (unpaired) electrons. The molecule has 0 atom stereocenters. The molecular weight excluding hydrogens is 452 g/mol. The number of amides is 1. The summed E-state index contributed by atoms with van der Waals surface area (Å²) in [6.07, 6.45) is 0.684. The van der Waals surface area contributed by atoms with Crippen LogP contribution in [0.2, 0.25) is 0 Å². The van der Waals surface area contributed by atoms with Crippen molar-refractivity contribution in [3.8, 4) is 5.75 Å². The summed E-state index contributed by atoms with van der Waals surface area (Å²) in [7, 11) is 2.27. The summed E-state index contributed by atoms with van der Waals surface area (Å²) < 4.78 is 0.898. The molecule has 0 aliphatic heterocycles. The zero-order chi connectivity index (χ0) is 26.9. The molecule has 0 saturated heterocycles. The standard InChI is InChI=1S/C23H32N2O.C7H6O3/c1-18(2)25(5,19(3)4)17-16-23(22(24)26,20-12-8-6-9-13-20)21-14-10-7-11-15-21;8-6-4-2-1-3-5(6)7(9)10/h6-15,18-19H,16-17H2,1-5H3,(H-,24,26);1-4,8H,(H,9,10). The van der Waals surface area contributed by atoms with Gasteiger partial charge in [-0.05, 0) is 44.9 Å². The van der Waals surface area contributed by atoms with E-state index in [4.69, 9.17) is 10.8 Å². The van der Waals surface area contributed by atoms with Gasteiger partial charge < -0.3 is 20.4 Å². The Hall–Kier alpha value is -3.64. The Morgan fingerprint density at radius 2 is 1.25 bits per heavy atom. The molecule has 1 amide bonds. The van der Waals surface area contributed by atoms with Crippen LogP contribution in [0, 0.1) is 0 Å². The van der Waals surface area contributed by atoms with E-state index in [1.165, 1.54) is 24.3 Å². The van der Waals surface area contributed by atoms with Crippen LogP contribution in [0.4, 0.5) is 0 Å². The molecule has 0 saturated carbocycles. The fourth-order valence-corrected chi connectivity index (χ4v) is 4.47. The van der Waals surface area contributed by atoms with Crippen LogP contribution < -0.4 is 10.8 Å². The highest BCUT2D eigenvalue weighted by molar-refractivity contribution is 5.91. The Morgan fingerprint density at radius 1 is 0.833 bits per heavy atom. The van der Waals surface area contributed by atoms with E-state index in [0.717, 1.165) is 22.2 Å². The van der Waals surface area contributed by atoms with Crippen molar-refractivity contribution in [1.82, 2.24) is 0 Å². The number of hydrogen-bond acceptors (Lipinski definition) is 3. The lowest BCUT2D eigenvalue weighted by Crippen LogP contribution is -2.57. The van der Waals surface area contributed by atoms with Gasteiger partial charge in [0, 0.05) is 6.42 Å². The summed E-state index contributed by atoms with van der Waals surface area (Å²) in [6.45, 7) is 9.87. The normalized spacial score (nSPS) is 11.6. The summed E-state index contributed by atoms with van der Waals surface area (Å²) in [5.74, 6) is -1.91. The van der Waals surface area contributed by atoms with Gasteiger partial charge in [0.2, 0.25) is 5.91 Å². The minimum atomic E-state index is -1.18. The van der Waals surface area contributed by atoms with Gasteiger partial charge in [-0.1, -0.05) is 84.6 Å². The Balaban J connectivity index is 0.000000380. The Labute approximate surface area is 214 Å². The molecule has 3 aromatic carbocycles. The molecule has 6 nitrogen and oxygen atoms in total. The Morgan fingerprint density at radius 3 is 1.58 bits per heavy atom. The SMILES string of the molecule is CC(C)[N+](C)(CCC(C(N)=O)(c1ccccc1)c1ccccc1)C(C)C.O=C(O)c1ccccc1[O-]. The average molecular weight is 491 g/mol. The molecule has 3 aromatic rings. The molecule has 3 rings (SSSR count). The predicted octanol–water partition coefficient (Wildman–Crippen LogP) is 4.57. The number of para-hydroxylation sites is 1. The van der Waals surface area contributed by atoms with Gasteiger partial charge in [-0.3, -0.25) is 4.79 Å². The Bertz CT molecular complexity index is 1080. The van der Waals surface area contributed by atoms with E-state index in [2.05, 4.69) is 34.7 Å². The van der Waals surface area contributed by atoms with Crippen molar-refractivity contribution in [3.63, 3.8) is 0 Å². The van der Waals surface area contributed by atoms with E-state index in [0.29, 0.717) is 18.5 Å². The number of rotatable bonds is 9. The van der Waals surface area contributed by atoms with Gasteiger partial charge in [-0.25, -0.2) is 4.79 Å². The second kappa shape index (κ2) is 12.4. The maximum atomic E-state index is 12.9. The monoisotopic (exact) mass is 490 g/mol. The number of aromatic carboxylic acids is 1. The van der Waals surface area contributed by atoms with Crippen LogP contribution in [0.15, 0.2) is 84.9 Å². The van der Waals surface area contributed by atoms with Gasteiger partial charge in [-0.2, -0.15) is 0 Å². The van der Waals surface area contributed by atoms with Crippen LogP contribution in [0.3, 0.4) is 0 Å². The van der Waals surface area contributed by atoms with Gasteiger partial charge in [0.15, 0.2) is 0 Å². The van der Waals surface area contributed by atoms with Crippen molar-refractivity contribution in [3.05, 3.63) is 102 Å². The molecule has 0 fully saturated rings. The van der Waals surface area contributed by atoms with Crippen LogP contribution in [0.25, 0.3) is 0 Å². The molecular formula is C30H38N2O4. The van der Waals surface area contributed by atoms with Crippen molar-refractivity contribution >= 4 is 11.9 Å². The Kier molecular flexibility index (Phi) is 9.82. The highest BCUT2D eigenvalue weighted by atomic mass is 16.4.